The van der Waals surface area contributed by atoms with Crippen LogP contribution in [-0.2, 0) is 14.9 Å². The first kappa shape index (κ1) is 18.4. The van der Waals surface area contributed by atoms with Gasteiger partial charge in [0.05, 0.1) is 26.6 Å². The minimum Gasteiger partial charge on any atom is -0.545 e. The minimum atomic E-state index is -3.74. The van der Waals surface area contributed by atoms with Gasteiger partial charge in [0, 0.05) is 0 Å². The molecule has 0 unspecified atom stereocenters. The maximum Gasteiger partial charge on any atom is 0.270 e. The summed E-state index contributed by atoms with van der Waals surface area (Å²) in [6.07, 6.45) is 2.37. The second-order valence-electron chi connectivity index (χ2n) is 3.83. The number of carbonyl (C=O) groups excluding carboxylic acids is 1. The lowest BCUT2D eigenvalue weighted by atomic mass is 10.2. The van der Waals surface area contributed by atoms with Crippen molar-refractivity contribution in [3.8, 4) is 0 Å². The number of carbonyl (C=O) groups is 1. The van der Waals surface area contributed by atoms with E-state index in [9.17, 15) is 18.3 Å². The molecule has 0 fully saturated rings. The van der Waals surface area contributed by atoms with Crippen LogP contribution >= 0.6 is 0 Å². The topological polar surface area (TPSA) is 98.9 Å². The number of quaternary nitrogens is 1. The highest BCUT2D eigenvalue weighted by molar-refractivity contribution is 7.85. The van der Waals surface area contributed by atoms with E-state index in [1.807, 2.05) is 21.0 Å². The van der Waals surface area contributed by atoms with Crippen LogP contribution in [0.1, 0.15) is 20.3 Å². The van der Waals surface area contributed by atoms with Gasteiger partial charge in [-0.1, -0.05) is 13.0 Å². The van der Waals surface area contributed by atoms with E-state index in [0.717, 1.165) is 11.3 Å². The highest BCUT2D eigenvalue weighted by Crippen LogP contribution is 1.90. The van der Waals surface area contributed by atoms with Crippen LogP contribution in [0.25, 0.3) is 0 Å². The maximum atomic E-state index is 10.1. The predicted molar refractivity (Wildman–Crippen MR) is 63.1 cm³/mol. The smallest absolute Gasteiger partial charge is 0.270 e. The second-order valence-corrected chi connectivity index (χ2v) is 5.40. The van der Waals surface area contributed by atoms with Gasteiger partial charge in [0.25, 0.3) is 10.1 Å². The third kappa shape index (κ3) is 17.7. The normalized spacial score (nSPS) is 12.0. The Bertz CT molecular complexity index is 346. The first-order valence-electron chi connectivity index (χ1n) is 5.22. The molecule has 0 aromatic heterocycles. The quantitative estimate of drug-likeness (QED) is 0.448. The van der Waals surface area contributed by atoms with Gasteiger partial charge in [-0.25, -0.2) is 0 Å². The lowest BCUT2D eigenvalue weighted by Gasteiger charge is -2.03. The Morgan fingerprint density at radius 2 is 1.88 bits per heavy atom. The van der Waals surface area contributed by atoms with E-state index in [1.165, 1.54) is 6.92 Å². The van der Waals surface area contributed by atoms with Gasteiger partial charge in [0.15, 0.2) is 0 Å². The molecule has 17 heavy (non-hydrogen) atoms. The van der Waals surface area contributed by atoms with Crippen LogP contribution < -0.4 is 10.0 Å². The average molecular weight is 267 g/mol. The third-order valence-electron chi connectivity index (χ3n) is 1.69. The Morgan fingerprint density at radius 3 is 2.00 bits per heavy atom. The molecule has 0 aromatic carbocycles. The highest BCUT2D eigenvalue weighted by atomic mass is 32.2. The van der Waals surface area contributed by atoms with E-state index in [4.69, 9.17) is 4.55 Å². The number of hydrogen-bond donors (Lipinski definition) is 2. The monoisotopic (exact) mass is 267 g/mol. The Hall–Kier alpha value is -0.920. The number of carboxylic acid groups (broad SMARTS) is 1. The molecule has 0 saturated carbocycles. The molecule has 0 heterocycles. The fourth-order valence-corrected chi connectivity index (χ4v) is 1.39. The highest BCUT2D eigenvalue weighted by Gasteiger charge is 2.05. The Morgan fingerprint density at radius 1 is 1.41 bits per heavy atom. The molecule has 2 N–H and O–H groups in total. The van der Waals surface area contributed by atoms with Crippen molar-refractivity contribution in [2.24, 2.45) is 0 Å². The van der Waals surface area contributed by atoms with Crippen LogP contribution in [0, 0.1) is 0 Å². The van der Waals surface area contributed by atoms with Crippen molar-refractivity contribution in [2.75, 3.05) is 26.4 Å². The van der Waals surface area contributed by atoms with Gasteiger partial charge in [-0.15, -0.1) is 0 Å². The molecular formula is C10H21NO5S. The molecule has 0 rings (SSSR count). The first-order valence-corrected chi connectivity index (χ1v) is 6.83. The van der Waals surface area contributed by atoms with Gasteiger partial charge in [-0.2, -0.15) is 8.42 Å². The number of hydrogen-bond acceptors (Lipinski definition) is 4. The molecule has 102 valence electrons. The molecule has 0 amide bonds. The van der Waals surface area contributed by atoms with E-state index in [2.05, 4.69) is 0 Å². The lowest BCUT2D eigenvalue weighted by molar-refractivity contribution is -0.855. The van der Waals surface area contributed by atoms with Crippen molar-refractivity contribution < 1.29 is 27.8 Å². The van der Waals surface area contributed by atoms with Crippen LogP contribution in [0.2, 0.25) is 0 Å². The van der Waals surface area contributed by atoms with Gasteiger partial charge in [-0.05, 0) is 18.9 Å². The summed E-state index contributed by atoms with van der Waals surface area (Å²) in [5.74, 6) is -1.23. The predicted octanol–water partition coefficient (Wildman–Crippen LogP) is -1.89. The fraction of sp³-hybridized carbons (Fsp3) is 0.700. The minimum absolute atomic E-state index is 0.157. The number of carboxylic acids is 1. The molecule has 0 aromatic rings. The zero-order chi connectivity index (χ0) is 14.1. The van der Waals surface area contributed by atoms with Crippen molar-refractivity contribution in [1.29, 1.82) is 0 Å². The molecule has 0 radical (unpaired) electrons. The summed E-state index contributed by atoms with van der Waals surface area (Å²) in [6.45, 7) is 3.85. The number of aliphatic carboxylic acids is 1. The molecule has 0 aliphatic carbocycles. The molecule has 6 nitrogen and oxygen atoms in total. The van der Waals surface area contributed by atoms with Crippen molar-refractivity contribution in [2.45, 2.75) is 20.3 Å². The molecule has 0 saturated heterocycles. The zero-order valence-electron chi connectivity index (χ0n) is 10.7. The number of allylic oxidation sites excluding steroid dienone is 1. The number of rotatable bonds is 5. The summed E-state index contributed by atoms with van der Waals surface area (Å²) in [5, 5.41) is 9.91. The van der Waals surface area contributed by atoms with Crippen molar-refractivity contribution in [3.05, 3.63) is 11.6 Å². The lowest BCUT2D eigenvalue weighted by Crippen LogP contribution is -3.06. The Kier molecular flexibility index (Phi) is 9.92. The third-order valence-corrected chi connectivity index (χ3v) is 2.41. The van der Waals surface area contributed by atoms with Crippen molar-refractivity contribution in [3.63, 3.8) is 0 Å². The summed E-state index contributed by atoms with van der Waals surface area (Å²) in [5.41, 5.74) is 0.313. The summed E-state index contributed by atoms with van der Waals surface area (Å²) in [7, 11) is -0.0909. The Balaban J connectivity index is 0. The van der Waals surface area contributed by atoms with Gasteiger partial charge in [0.2, 0.25) is 0 Å². The maximum absolute atomic E-state index is 10.1. The largest absolute Gasteiger partial charge is 0.545 e. The summed E-state index contributed by atoms with van der Waals surface area (Å²) < 4.78 is 28.4. The molecule has 0 aliphatic heterocycles. The van der Waals surface area contributed by atoms with Crippen LogP contribution in [0.5, 0.6) is 0 Å². The van der Waals surface area contributed by atoms with E-state index >= 15 is 0 Å². The molecular weight excluding hydrogens is 246 g/mol. The van der Waals surface area contributed by atoms with Crippen molar-refractivity contribution >= 4 is 16.1 Å². The second kappa shape index (κ2) is 9.15. The van der Waals surface area contributed by atoms with Crippen LogP contribution in [0.4, 0.5) is 0 Å². The molecule has 0 spiro atoms. The van der Waals surface area contributed by atoms with E-state index in [-0.39, 0.29) is 5.75 Å². The standard InChI is InChI=1S/C6H10O2.C4H11NO3S/c1-3-4-5(2)6(7)8;1-5(2)3-4-9(6,7)8/h4H,3H2,1-2H3,(H,7,8);3-4H2,1-2H3,(H,6,7,8). The number of nitrogens with one attached hydrogen (secondary N) is 1. The molecule has 0 bridgehead atoms. The van der Waals surface area contributed by atoms with Crippen molar-refractivity contribution in [1.82, 2.24) is 0 Å². The molecule has 7 heteroatoms. The fourth-order valence-electron chi connectivity index (χ4n) is 0.723. The first-order chi connectivity index (χ1) is 7.60. The zero-order valence-corrected chi connectivity index (χ0v) is 11.5. The molecule has 0 aliphatic rings. The Labute approximate surface area is 103 Å². The van der Waals surface area contributed by atoms with E-state index in [1.54, 1.807) is 6.08 Å². The summed E-state index contributed by atoms with van der Waals surface area (Å²) in [4.78, 5) is 10.9. The van der Waals surface area contributed by atoms with Crippen LogP contribution in [-0.4, -0.2) is 45.3 Å². The van der Waals surface area contributed by atoms with Crippen LogP contribution in [0.15, 0.2) is 11.6 Å². The van der Waals surface area contributed by atoms with Gasteiger partial charge < -0.3 is 14.8 Å². The summed E-state index contributed by atoms with van der Waals surface area (Å²) in [6, 6.07) is 0. The molecule has 0 atom stereocenters. The van der Waals surface area contributed by atoms with Gasteiger partial charge >= 0.3 is 0 Å². The average Bonchev–Trinajstić information content (AvgIpc) is 2.15. The van der Waals surface area contributed by atoms with E-state index < -0.39 is 16.1 Å². The summed E-state index contributed by atoms with van der Waals surface area (Å²) >= 11 is 0. The van der Waals surface area contributed by atoms with Crippen LogP contribution in [0.3, 0.4) is 0 Å². The van der Waals surface area contributed by atoms with Gasteiger partial charge in [-0.3, -0.25) is 4.55 Å². The SMILES string of the molecule is CCC=C(C)C(=O)[O-].C[NH+](C)CCS(=O)(=O)O. The van der Waals surface area contributed by atoms with E-state index in [0.29, 0.717) is 12.1 Å². The van der Waals surface area contributed by atoms with Gasteiger partial charge in [0.1, 0.15) is 5.75 Å².